The Hall–Kier alpha value is -1.16. The van der Waals surface area contributed by atoms with E-state index in [9.17, 15) is 0 Å². The minimum absolute atomic E-state index is 0.442. The summed E-state index contributed by atoms with van der Waals surface area (Å²) >= 11 is 0. The fraction of sp³-hybridized carbons (Fsp3) is 0.692. The van der Waals surface area contributed by atoms with Gasteiger partial charge in [0.25, 0.3) is 0 Å². The van der Waals surface area contributed by atoms with E-state index < -0.39 is 0 Å². The lowest BCUT2D eigenvalue weighted by molar-refractivity contribution is 0.547. The van der Waals surface area contributed by atoms with Crippen LogP contribution in [0.1, 0.15) is 33.4 Å². The highest BCUT2D eigenvalue weighted by atomic mass is 15.2. The summed E-state index contributed by atoms with van der Waals surface area (Å²) in [4.78, 5) is 11.0. The smallest absolute Gasteiger partial charge is 0.147 e. The van der Waals surface area contributed by atoms with E-state index in [0.29, 0.717) is 18.4 Å². The average molecular weight is 236 g/mol. The van der Waals surface area contributed by atoms with Crippen LogP contribution in [0.3, 0.4) is 0 Å². The Labute approximate surface area is 104 Å². The minimum atomic E-state index is 0.442. The van der Waals surface area contributed by atoms with E-state index in [1.807, 2.05) is 6.20 Å². The summed E-state index contributed by atoms with van der Waals surface area (Å²) in [6.07, 6.45) is 3.55. The van der Waals surface area contributed by atoms with Gasteiger partial charge in [-0.3, -0.25) is 4.98 Å². The van der Waals surface area contributed by atoms with Crippen LogP contribution in [0.4, 0.5) is 5.82 Å². The van der Waals surface area contributed by atoms with Crippen LogP contribution in [0.15, 0.2) is 12.4 Å². The third-order valence-electron chi connectivity index (χ3n) is 2.38. The van der Waals surface area contributed by atoms with Crippen LogP contribution in [0.2, 0.25) is 0 Å². The maximum Gasteiger partial charge on any atom is 0.147 e. The van der Waals surface area contributed by atoms with Crippen LogP contribution in [0.25, 0.3) is 0 Å². The van der Waals surface area contributed by atoms with E-state index in [0.717, 1.165) is 24.6 Å². The van der Waals surface area contributed by atoms with Gasteiger partial charge < -0.3 is 10.6 Å². The second kappa shape index (κ2) is 6.55. The average Bonchev–Trinajstić information content (AvgIpc) is 2.27. The molecular weight excluding hydrogens is 212 g/mol. The molecule has 0 saturated carbocycles. The van der Waals surface area contributed by atoms with Gasteiger partial charge in [0.2, 0.25) is 0 Å². The van der Waals surface area contributed by atoms with E-state index >= 15 is 0 Å². The zero-order chi connectivity index (χ0) is 12.8. The fourth-order valence-corrected chi connectivity index (χ4v) is 1.79. The van der Waals surface area contributed by atoms with Crippen molar-refractivity contribution >= 4 is 5.82 Å². The van der Waals surface area contributed by atoms with Gasteiger partial charge in [0.15, 0.2) is 0 Å². The molecule has 0 fully saturated rings. The molecule has 0 unspecified atom stereocenters. The van der Waals surface area contributed by atoms with Crippen LogP contribution < -0.4 is 10.6 Å². The van der Waals surface area contributed by atoms with Gasteiger partial charge >= 0.3 is 0 Å². The Morgan fingerprint density at radius 3 is 2.18 bits per heavy atom. The van der Waals surface area contributed by atoms with Gasteiger partial charge in [-0.25, -0.2) is 4.98 Å². The molecule has 0 aliphatic heterocycles. The van der Waals surface area contributed by atoms with E-state index in [1.165, 1.54) is 0 Å². The highest BCUT2D eigenvalue weighted by molar-refractivity contribution is 5.36. The number of hydrogen-bond acceptors (Lipinski definition) is 4. The van der Waals surface area contributed by atoms with Gasteiger partial charge in [0, 0.05) is 25.8 Å². The second-order valence-electron chi connectivity index (χ2n) is 5.27. The summed E-state index contributed by atoms with van der Waals surface area (Å²) in [5.74, 6) is 2.16. The number of aromatic nitrogens is 2. The van der Waals surface area contributed by atoms with Gasteiger partial charge in [0.05, 0.1) is 11.9 Å². The first-order chi connectivity index (χ1) is 8.02. The summed E-state index contributed by atoms with van der Waals surface area (Å²) in [6, 6.07) is 0. The highest BCUT2D eigenvalue weighted by Crippen LogP contribution is 2.14. The predicted octanol–water partition coefficient (Wildman–Crippen LogP) is 2.05. The predicted molar refractivity (Wildman–Crippen MR) is 71.8 cm³/mol. The molecule has 17 heavy (non-hydrogen) atoms. The summed E-state index contributed by atoms with van der Waals surface area (Å²) in [5.41, 5.74) is 6.45. The maximum absolute atomic E-state index is 5.60. The molecule has 1 rings (SSSR count). The molecule has 0 aliphatic rings. The third-order valence-corrected chi connectivity index (χ3v) is 2.38. The largest absolute Gasteiger partial charge is 0.355 e. The normalized spacial score (nSPS) is 11.2. The van der Waals surface area contributed by atoms with Crippen molar-refractivity contribution in [3.05, 3.63) is 18.1 Å². The molecule has 0 saturated heterocycles. The van der Waals surface area contributed by atoms with Crippen LogP contribution in [-0.2, 0) is 6.54 Å². The van der Waals surface area contributed by atoms with Crippen LogP contribution in [0.5, 0.6) is 0 Å². The Kier molecular flexibility index (Phi) is 5.35. The molecule has 0 bridgehead atoms. The lowest BCUT2D eigenvalue weighted by Gasteiger charge is -2.27. The summed E-state index contributed by atoms with van der Waals surface area (Å²) in [7, 11) is 0. The molecular formula is C13H24N4. The van der Waals surface area contributed by atoms with E-state index in [4.69, 9.17) is 5.73 Å². The first-order valence-corrected chi connectivity index (χ1v) is 6.28. The SMILES string of the molecule is CC(C)CN(CC(C)C)c1cncc(CN)n1. The first-order valence-electron chi connectivity index (χ1n) is 6.28. The standard InChI is InChI=1S/C13H24N4/c1-10(2)8-17(9-11(3)4)13-7-15-6-12(5-14)16-13/h6-7,10-11H,5,8-9,14H2,1-4H3. The van der Waals surface area contributed by atoms with Crippen LogP contribution in [-0.4, -0.2) is 23.1 Å². The number of rotatable bonds is 6. The zero-order valence-electron chi connectivity index (χ0n) is 11.3. The molecule has 1 heterocycles. The van der Waals surface area contributed by atoms with Crippen LogP contribution in [0, 0.1) is 11.8 Å². The highest BCUT2D eigenvalue weighted by Gasteiger charge is 2.12. The molecule has 4 nitrogen and oxygen atoms in total. The van der Waals surface area contributed by atoms with Gasteiger partial charge in [0.1, 0.15) is 5.82 Å². The topological polar surface area (TPSA) is 55.0 Å². The molecule has 96 valence electrons. The van der Waals surface area contributed by atoms with Crippen molar-refractivity contribution in [1.29, 1.82) is 0 Å². The number of hydrogen-bond donors (Lipinski definition) is 1. The van der Waals surface area contributed by atoms with Crippen molar-refractivity contribution in [2.24, 2.45) is 17.6 Å². The molecule has 1 aromatic rings. The van der Waals surface area contributed by atoms with Crippen LogP contribution >= 0.6 is 0 Å². The molecule has 0 radical (unpaired) electrons. The Bertz CT molecular complexity index is 326. The number of anilines is 1. The zero-order valence-corrected chi connectivity index (χ0v) is 11.3. The Morgan fingerprint density at radius 1 is 1.12 bits per heavy atom. The van der Waals surface area contributed by atoms with Crippen molar-refractivity contribution in [2.75, 3.05) is 18.0 Å². The Morgan fingerprint density at radius 2 is 1.71 bits per heavy atom. The molecule has 1 aromatic heterocycles. The lowest BCUT2D eigenvalue weighted by Crippen LogP contribution is -2.32. The Balaban J connectivity index is 2.86. The quantitative estimate of drug-likeness (QED) is 0.821. The van der Waals surface area contributed by atoms with Crippen molar-refractivity contribution in [2.45, 2.75) is 34.2 Å². The molecule has 0 aliphatic carbocycles. The number of nitrogens with two attached hydrogens (primary N) is 1. The molecule has 0 aromatic carbocycles. The fourth-order valence-electron chi connectivity index (χ4n) is 1.79. The molecule has 0 atom stereocenters. The monoisotopic (exact) mass is 236 g/mol. The van der Waals surface area contributed by atoms with E-state index in [1.54, 1.807) is 6.20 Å². The van der Waals surface area contributed by atoms with Gasteiger partial charge in [-0.2, -0.15) is 0 Å². The third kappa shape index (κ3) is 4.69. The maximum atomic E-state index is 5.60. The summed E-state index contributed by atoms with van der Waals surface area (Å²) < 4.78 is 0. The van der Waals surface area contributed by atoms with Gasteiger partial charge in [-0.05, 0) is 11.8 Å². The van der Waals surface area contributed by atoms with Crippen molar-refractivity contribution in [3.8, 4) is 0 Å². The van der Waals surface area contributed by atoms with E-state index in [2.05, 4.69) is 42.6 Å². The summed E-state index contributed by atoms with van der Waals surface area (Å²) in [6.45, 7) is 11.3. The minimum Gasteiger partial charge on any atom is -0.355 e. The molecule has 0 amide bonds. The molecule has 2 N–H and O–H groups in total. The lowest BCUT2D eigenvalue weighted by atomic mass is 10.1. The first kappa shape index (κ1) is 13.9. The van der Waals surface area contributed by atoms with Gasteiger partial charge in [-0.1, -0.05) is 27.7 Å². The second-order valence-corrected chi connectivity index (χ2v) is 5.27. The van der Waals surface area contributed by atoms with Gasteiger partial charge in [-0.15, -0.1) is 0 Å². The van der Waals surface area contributed by atoms with Crippen molar-refractivity contribution in [3.63, 3.8) is 0 Å². The van der Waals surface area contributed by atoms with Crippen molar-refractivity contribution in [1.82, 2.24) is 9.97 Å². The summed E-state index contributed by atoms with van der Waals surface area (Å²) in [5, 5.41) is 0. The molecule has 0 spiro atoms. The number of nitrogens with zero attached hydrogens (tertiary/aromatic N) is 3. The van der Waals surface area contributed by atoms with E-state index in [-0.39, 0.29) is 0 Å². The molecule has 4 heteroatoms. The van der Waals surface area contributed by atoms with Crippen molar-refractivity contribution < 1.29 is 0 Å².